The molecule has 2 aromatic rings. The number of amides is 2. The molecule has 0 aliphatic carbocycles. The van der Waals surface area contributed by atoms with Crippen molar-refractivity contribution in [2.24, 2.45) is 5.73 Å². The van der Waals surface area contributed by atoms with Crippen LogP contribution in [0.25, 0.3) is 0 Å². The highest BCUT2D eigenvalue weighted by atomic mass is 16.5. The van der Waals surface area contributed by atoms with Crippen molar-refractivity contribution in [3.05, 3.63) is 82.3 Å². The number of ether oxygens (including phenoxy) is 2. The Labute approximate surface area is 201 Å². The number of fused-ring (bicyclic) bond motifs is 1. The molecular formula is C25H23N5O5. The van der Waals surface area contributed by atoms with E-state index >= 15 is 0 Å². The van der Waals surface area contributed by atoms with Crippen LogP contribution in [0.2, 0.25) is 0 Å². The maximum Gasteiger partial charge on any atom is 0.355 e. The van der Waals surface area contributed by atoms with Gasteiger partial charge in [0.2, 0.25) is 0 Å². The molecule has 10 heteroatoms. The Kier molecular flexibility index (Phi) is 6.16. The van der Waals surface area contributed by atoms with Crippen molar-refractivity contribution in [2.75, 3.05) is 31.1 Å². The number of rotatable bonds is 4. The van der Waals surface area contributed by atoms with Gasteiger partial charge in [0.1, 0.15) is 11.5 Å². The van der Waals surface area contributed by atoms with Crippen molar-refractivity contribution >= 4 is 29.3 Å². The number of nitriles is 1. The van der Waals surface area contributed by atoms with Crippen molar-refractivity contribution in [1.82, 2.24) is 5.32 Å². The molecule has 2 amide bonds. The third-order valence-corrected chi connectivity index (χ3v) is 6.03. The number of nitrogens with zero attached hydrogens (tertiary/aromatic N) is 3. The molecule has 3 N–H and O–H groups in total. The highest BCUT2D eigenvalue weighted by molar-refractivity contribution is 6.06. The number of benzene rings is 2. The van der Waals surface area contributed by atoms with Gasteiger partial charge in [-0.2, -0.15) is 5.26 Å². The van der Waals surface area contributed by atoms with Crippen LogP contribution in [0.3, 0.4) is 0 Å². The van der Waals surface area contributed by atoms with Gasteiger partial charge < -0.3 is 20.5 Å². The summed E-state index contributed by atoms with van der Waals surface area (Å²) in [7, 11) is 4.02. The van der Waals surface area contributed by atoms with Gasteiger partial charge in [-0.3, -0.25) is 9.80 Å². The van der Waals surface area contributed by atoms with Crippen LogP contribution in [-0.2, 0) is 25.6 Å². The summed E-state index contributed by atoms with van der Waals surface area (Å²) >= 11 is 0. The smallest absolute Gasteiger partial charge is 0.355 e. The van der Waals surface area contributed by atoms with Gasteiger partial charge in [-0.15, -0.1) is 0 Å². The number of carbonyl (C=O) groups excluding carboxylic acids is 3. The lowest BCUT2D eigenvalue weighted by atomic mass is 9.81. The second-order valence-electron chi connectivity index (χ2n) is 7.87. The Hall–Kier alpha value is -4.78. The average Bonchev–Trinajstić information content (AvgIpc) is 2.89. The largest absolute Gasteiger partial charge is 0.466 e. The molecule has 0 fully saturated rings. The number of allylic oxidation sites excluding steroid dienone is 1. The zero-order valence-corrected chi connectivity index (χ0v) is 19.4. The molecular weight excluding hydrogens is 450 g/mol. The zero-order valence-electron chi connectivity index (χ0n) is 19.4. The first-order valence-electron chi connectivity index (χ1n) is 10.6. The van der Waals surface area contributed by atoms with Gasteiger partial charge in [0.15, 0.2) is 0 Å². The first-order chi connectivity index (χ1) is 16.8. The first-order valence-corrected chi connectivity index (χ1v) is 10.6. The monoisotopic (exact) mass is 473 g/mol. The number of methoxy groups -OCH3 is 2. The highest BCUT2D eigenvalue weighted by Crippen LogP contribution is 2.43. The molecule has 2 aliphatic rings. The average molecular weight is 473 g/mol. The van der Waals surface area contributed by atoms with Crippen LogP contribution in [0.4, 0.5) is 16.2 Å². The van der Waals surface area contributed by atoms with Crippen molar-refractivity contribution in [3.63, 3.8) is 0 Å². The third kappa shape index (κ3) is 3.83. The van der Waals surface area contributed by atoms with Crippen LogP contribution in [0.1, 0.15) is 17.0 Å². The van der Waals surface area contributed by atoms with E-state index in [1.807, 2.05) is 0 Å². The van der Waals surface area contributed by atoms with Gasteiger partial charge in [0, 0.05) is 19.3 Å². The molecule has 2 aliphatic heterocycles. The van der Waals surface area contributed by atoms with E-state index in [-0.39, 0.29) is 35.2 Å². The molecule has 0 bridgehead atoms. The van der Waals surface area contributed by atoms with E-state index in [1.165, 1.54) is 24.0 Å². The maximum absolute atomic E-state index is 13.1. The molecule has 0 saturated heterocycles. The predicted octanol–water partition coefficient (Wildman–Crippen LogP) is 2.24. The van der Waals surface area contributed by atoms with Crippen LogP contribution < -0.4 is 20.9 Å². The van der Waals surface area contributed by atoms with Crippen LogP contribution >= 0.6 is 0 Å². The van der Waals surface area contributed by atoms with Crippen molar-refractivity contribution in [1.29, 1.82) is 5.26 Å². The molecule has 2 aromatic carbocycles. The number of nitrogens with two attached hydrogens (primary N) is 1. The highest BCUT2D eigenvalue weighted by Gasteiger charge is 2.43. The van der Waals surface area contributed by atoms with Gasteiger partial charge in [0.05, 0.1) is 43.0 Å². The molecule has 2 heterocycles. The summed E-state index contributed by atoms with van der Waals surface area (Å²) in [5, 5.41) is 12.9. The Morgan fingerprint density at radius 2 is 1.80 bits per heavy atom. The number of anilines is 2. The third-order valence-electron chi connectivity index (χ3n) is 6.03. The fourth-order valence-electron chi connectivity index (χ4n) is 4.36. The fourth-order valence-corrected chi connectivity index (χ4v) is 4.36. The summed E-state index contributed by atoms with van der Waals surface area (Å²) in [5.41, 5.74) is 8.79. The number of nitrogens with one attached hydrogen (secondary N) is 1. The zero-order chi connectivity index (χ0) is 25.3. The lowest BCUT2D eigenvalue weighted by Gasteiger charge is -2.36. The fraction of sp³-hybridized carbons (Fsp3) is 0.200. The summed E-state index contributed by atoms with van der Waals surface area (Å²) in [6.07, 6.45) is 0. The Morgan fingerprint density at radius 1 is 1.11 bits per heavy atom. The van der Waals surface area contributed by atoms with Crippen LogP contribution in [0.5, 0.6) is 0 Å². The Balaban J connectivity index is 2.01. The molecule has 0 radical (unpaired) electrons. The number of hydrogen-bond acceptors (Lipinski definition) is 8. The quantitative estimate of drug-likeness (QED) is 0.645. The van der Waals surface area contributed by atoms with E-state index in [4.69, 9.17) is 15.2 Å². The van der Waals surface area contributed by atoms with E-state index < -0.39 is 17.9 Å². The topological polar surface area (TPSA) is 138 Å². The van der Waals surface area contributed by atoms with E-state index in [0.29, 0.717) is 16.9 Å². The van der Waals surface area contributed by atoms with Gasteiger partial charge in [-0.05, 0) is 29.3 Å². The maximum atomic E-state index is 13.1. The second-order valence-corrected chi connectivity index (χ2v) is 7.87. The van der Waals surface area contributed by atoms with E-state index in [0.717, 1.165) is 5.56 Å². The number of esters is 2. The summed E-state index contributed by atoms with van der Waals surface area (Å²) in [4.78, 5) is 41.0. The minimum absolute atomic E-state index is 0.0254. The van der Waals surface area contributed by atoms with Crippen LogP contribution in [0.15, 0.2) is 71.2 Å². The van der Waals surface area contributed by atoms with E-state index in [9.17, 15) is 19.6 Å². The molecule has 0 aromatic heterocycles. The van der Waals surface area contributed by atoms with Crippen molar-refractivity contribution < 1.29 is 23.9 Å². The standard InChI is InChI=1S/C25H23N5O5/c1-29-18-10-9-16(11-15(18)13-28-25(29)33)30-21(24(32)35-3)20(23(31)34-2)19(17(12-26)22(30)27)14-7-5-4-6-8-14/h4-11,19H,13,27H2,1-3H3,(H,28,33). The van der Waals surface area contributed by atoms with Crippen molar-refractivity contribution in [2.45, 2.75) is 12.5 Å². The SMILES string of the molecule is COC(=O)C1=C(C(=O)OC)N(c2ccc3c(c2)CNC(=O)N3C)C(N)=C(C#N)C1c1ccccc1. The number of urea groups is 1. The molecule has 35 heavy (non-hydrogen) atoms. The Bertz CT molecular complexity index is 1330. The molecule has 178 valence electrons. The van der Waals surface area contributed by atoms with Gasteiger partial charge >= 0.3 is 18.0 Å². The number of hydrogen-bond donors (Lipinski definition) is 2. The summed E-state index contributed by atoms with van der Waals surface area (Å²) < 4.78 is 10.1. The van der Waals surface area contributed by atoms with Gasteiger partial charge in [0.25, 0.3) is 0 Å². The lowest BCUT2D eigenvalue weighted by Crippen LogP contribution is -2.42. The first kappa shape index (κ1) is 23.4. The van der Waals surface area contributed by atoms with Gasteiger partial charge in [-0.25, -0.2) is 14.4 Å². The molecule has 0 spiro atoms. The van der Waals surface area contributed by atoms with Crippen LogP contribution in [-0.4, -0.2) is 39.2 Å². The van der Waals surface area contributed by atoms with Crippen molar-refractivity contribution in [3.8, 4) is 6.07 Å². The summed E-state index contributed by atoms with van der Waals surface area (Å²) in [6, 6.07) is 15.7. The van der Waals surface area contributed by atoms with E-state index in [2.05, 4.69) is 11.4 Å². The second kappa shape index (κ2) is 9.23. The molecule has 0 saturated carbocycles. The lowest BCUT2D eigenvalue weighted by molar-refractivity contribution is -0.139. The van der Waals surface area contributed by atoms with E-state index in [1.54, 1.807) is 55.6 Å². The summed E-state index contributed by atoms with van der Waals surface area (Å²) in [5.74, 6) is -2.59. The number of carbonyl (C=O) groups is 3. The summed E-state index contributed by atoms with van der Waals surface area (Å²) in [6.45, 7) is 0.253. The minimum Gasteiger partial charge on any atom is -0.466 e. The normalized spacial score (nSPS) is 17.4. The molecule has 1 unspecified atom stereocenters. The Morgan fingerprint density at radius 3 is 2.43 bits per heavy atom. The van der Waals surface area contributed by atoms with Gasteiger partial charge in [-0.1, -0.05) is 30.3 Å². The predicted molar refractivity (Wildman–Crippen MR) is 127 cm³/mol. The molecule has 4 rings (SSSR count). The van der Waals surface area contributed by atoms with Crippen LogP contribution in [0, 0.1) is 11.3 Å². The molecule has 1 atom stereocenters. The molecule has 10 nitrogen and oxygen atoms in total. The minimum atomic E-state index is -0.943.